The molecule has 0 N–H and O–H groups in total. The molecular formula is C16H20N2O2. The van der Waals surface area contributed by atoms with Gasteiger partial charge in [-0.15, -0.1) is 0 Å². The van der Waals surface area contributed by atoms with Crippen molar-refractivity contribution in [2.75, 3.05) is 21.3 Å². The molecule has 0 spiro atoms. The van der Waals surface area contributed by atoms with Crippen molar-refractivity contribution in [3.63, 3.8) is 0 Å². The first-order chi connectivity index (χ1) is 9.72. The van der Waals surface area contributed by atoms with Crippen LogP contribution in [0.5, 0.6) is 11.5 Å². The van der Waals surface area contributed by atoms with Crippen LogP contribution in [0, 0.1) is 0 Å². The van der Waals surface area contributed by atoms with Crippen LogP contribution < -0.4 is 9.47 Å². The number of nitrogens with zero attached hydrogens (tertiary/aromatic N) is 2. The zero-order chi connectivity index (χ0) is 14.4. The highest BCUT2D eigenvalue weighted by molar-refractivity contribution is 5.40. The Balaban J connectivity index is 2.05. The molecule has 0 saturated carbocycles. The molecule has 0 atom stereocenters. The molecule has 0 amide bonds. The van der Waals surface area contributed by atoms with Crippen LogP contribution in [0.15, 0.2) is 42.7 Å². The Kier molecular flexibility index (Phi) is 4.96. The summed E-state index contributed by atoms with van der Waals surface area (Å²) in [4.78, 5) is 6.27. The average Bonchev–Trinajstić information content (AvgIpc) is 2.48. The highest BCUT2D eigenvalue weighted by Gasteiger charge is 2.08. The fraction of sp³-hybridized carbons (Fsp3) is 0.312. The molecule has 1 aromatic heterocycles. The Labute approximate surface area is 120 Å². The van der Waals surface area contributed by atoms with Crippen LogP contribution in [0.25, 0.3) is 0 Å². The van der Waals surface area contributed by atoms with Gasteiger partial charge < -0.3 is 9.47 Å². The molecule has 0 aliphatic rings. The summed E-state index contributed by atoms with van der Waals surface area (Å²) >= 11 is 0. The van der Waals surface area contributed by atoms with E-state index in [9.17, 15) is 0 Å². The molecule has 0 aliphatic carbocycles. The first-order valence-electron chi connectivity index (χ1n) is 6.51. The lowest BCUT2D eigenvalue weighted by Gasteiger charge is -2.18. The molecule has 1 heterocycles. The fourth-order valence-electron chi connectivity index (χ4n) is 2.13. The van der Waals surface area contributed by atoms with Gasteiger partial charge in [-0.25, -0.2) is 0 Å². The van der Waals surface area contributed by atoms with E-state index in [-0.39, 0.29) is 0 Å². The summed E-state index contributed by atoms with van der Waals surface area (Å²) in [6, 6.07) is 9.97. The van der Waals surface area contributed by atoms with Gasteiger partial charge in [0.15, 0.2) is 0 Å². The quantitative estimate of drug-likeness (QED) is 0.810. The highest BCUT2D eigenvalue weighted by Crippen LogP contribution is 2.25. The summed E-state index contributed by atoms with van der Waals surface area (Å²) in [5.74, 6) is 1.66. The number of benzene rings is 1. The van der Waals surface area contributed by atoms with Crippen LogP contribution in [0.3, 0.4) is 0 Å². The Bertz CT molecular complexity index is 543. The average molecular weight is 272 g/mol. The molecule has 0 unspecified atom stereocenters. The van der Waals surface area contributed by atoms with E-state index >= 15 is 0 Å². The topological polar surface area (TPSA) is 34.6 Å². The van der Waals surface area contributed by atoms with Crippen molar-refractivity contribution in [1.82, 2.24) is 9.88 Å². The zero-order valence-corrected chi connectivity index (χ0v) is 12.2. The van der Waals surface area contributed by atoms with Crippen LogP contribution in [0.4, 0.5) is 0 Å². The standard InChI is InChI=1S/C16H20N2O2/c1-18(11-13-6-8-17-9-7-13)12-14-4-5-15(19-2)10-16(14)20-3/h4-10H,11-12H2,1-3H3. The summed E-state index contributed by atoms with van der Waals surface area (Å²) < 4.78 is 10.6. The second-order valence-corrected chi connectivity index (χ2v) is 4.71. The van der Waals surface area contributed by atoms with Crippen LogP contribution in [-0.4, -0.2) is 31.2 Å². The van der Waals surface area contributed by atoms with Crippen LogP contribution in [0.2, 0.25) is 0 Å². The van der Waals surface area contributed by atoms with Gasteiger partial charge in [-0.2, -0.15) is 0 Å². The number of hydrogen-bond acceptors (Lipinski definition) is 4. The first-order valence-corrected chi connectivity index (χ1v) is 6.51. The second kappa shape index (κ2) is 6.91. The molecular weight excluding hydrogens is 252 g/mol. The minimum absolute atomic E-state index is 0.808. The van der Waals surface area contributed by atoms with E-state index in [4.69, 9.17) is 9.47 Å². The van der Waals surface area contributed by atoms with Gasteiger partial charge in [-0.05, 0) is 30.8 Å². The maximum absolute atomic E-state index is 5.42. The monoisotopic (exact) mass is 272 g/mol. The van der Waals surface area contributed by atoms with E-state index in [1.807, 2.05) is 42.7 Å². The van der Waals surface area contributed by atoms with Gasteiger partial charge in [-0.1, -0.05) is 6.07 Å². The van der Waals surface area contributed by atoms with Gasteiger partial charge in [-0.3, -0.25) is 9.88 Å². The van der Waals surface area contributed by atoms with Gasteiger partial charge in [0.05, 0.1) is 14.2 Å². The first kappa shape index (κ1) is 14.3. The molecule has 2 aromatic rings. The van der Waals surface area contributed by atoms with E-state index in [1.165, 1.54) is 5.56 Å². The third-order valence-corrected chi connectivity index (χ3v) is 3.14. The molecule has 4 heteroatoms. The molecule has 1 aromatic carbocycles. The third-order valence-electron chi connectivity index (χ3n) is 3.14. The molecule has 2 rings (SSSR count). The van der Waals surface area contributed by atoms with Crippen molar-refractivity contribution in [3.8, 4) is 11.5 Å². The third kappa shape index (κ3) is 3.71. The van der Waals surface area contributed by atoms with E-state index in [2.05, 4.69) is 16.9 Å². The van der Waals surface area contributed by atoms with Crippen LogP contribution in [0.1, 0.15) is 11.1 Å². The van der Waals surface area contributed by atoms with Gasteiger partial charge >= 0.3 is 0 Å². The predicted octanol–water partition coefficient (Wildman–Crippen LogP) is 2.73. The van der Waals surface area contributed by atoms with Gasteiger partial charge in [0.25, 0.3) is 0 Å². The fourth-order valence-corrected chi connectivity index (χ4v) is 2.13. The smallest absolute Gasteiger partial charge is 0.127 e. The van der Waals surface area contributed by atoms with Crippen molar-refractivity contribution < 1.29 is 9.47 Å². The largest absolute Gasteiger partial charge is 0.497 e. The molecule has 0 aliphatic heterocycles. The number of hydrogen-bond donors (Lipinski definition) is 0. The summed E-state index contributed by atoms with van der Waals surface area (Å²) in [5.41, 5.74) is 2.39. The van der Waals surface area contributed by atoms with E-state index in [0.29, 0.717) is 0 Å². The van der Waals surface area contributed by atoms with Crippen molar-refractivity contribution in [1.29, 1.82) is 0 Å². The highest BCUT2D eigenvalue weighted by atomic mass is 16.5. The number of methoxy groups -OCH3 is 2. The Hall–Kier alpha value is -2.07. The van der Waals surface area contributed by atoms with E-state index in [0.717, 1.165) is 30.2 Å². The SMILES string of the molecule is COc1ccc(CN(C)Cc2ccncc2)c(OC)c1. The predicted molar refractivity (Wildman–Crippen MR) is 79.0 cm³/mol. The summed E-state index contributed by atoms with van der Waals surface area (Å²) in [7, 11) is 5.43. The van der Waals surface area contributed by atoms with Crippen LogP contribution >= 0.6 is 0 Å². The normalized spacial score (nSPS) is 10.6. The second-order valence-electron chi connectivity index (χ2n) is 4.71. The van der Waals surface area contributed by atoms with Crippen molar-refractivity contribution in [2.24, 2.45) is 0 Å². The lowest BCUT2D eigenvalue weighted by molar-refractivity contribution is 0.309. The molecule has 0 saturated heterocycles. The van der Waals surface area contributed by atoms with Crippen molar-refractivity contribution >= 4 is 0 Å². The summed E-state index contributed by atoms with van der Waals surface area (Å²) in [6.07, 6.45) is 3.63. The van der Waals surface area contributed by atoms with E-state index in [1.54, 1.807) is 14.2 Å². The molecule has 20 heavy (non-hydrogen) atoms. The minimum Gasteiger partial charge on any atom is -0.497 e. The molecule has 0 fully saturated rings. The summed E-state index contributed by atoms with van der Waals surface area (Å²) in [5, 5.41) is 0. The number of ether oxygens (including phenoxy) is 2. The van der Waals surface area contributed by atoms with Gasteiger partial charge in [0, 0.05) is 37.1 Å². The molecule has 0 bridgehead atoms. The Morgan fingerprint density at radius 1 is 1.00 bits per heavy atom. The van der Waals surface area contributed by atoms with Gasteiger partial charge in [0.1, 0.15) is 11.5 Å². The summed E-state index contributed by atoms with van der Waals surface area (Å²) in [6.45, 7) is 1.69. The van der Waals surface area contributed by atoms with Crippen molar-refractivity contribution in [2.45, 2.75) is 13.1 Å². The maximum atomic E-state index is 5.42. The molecule has 4 nitrogen and oxygen atoms in total. The van der Waals surface area contributed by atoms with Crippen molar-refractivity contribution in [3.05, 3.63) is 53.9 Å². The molecule has 0 radical (unpaired) electrons. The van der Waals surface area contributed by atoms with Crippen LogP contribution in [-0.2, 0) is 13.1 Å². The van der Waals surface area contributed by atoms with E-state index < -0.39 is 0 Å². The lowest BCUT2D eigenvalue weighted by Crippen LogP contribution is -2.17. The Morgan fingerprint density at radius 2 is 1.75 bits per heavy atom. The molecule has 106 valence electrons. The lowest BCUT2D eigenvalue weighted by atomic mass is 10.1. The van der Waals surface area contributed by atoms with Gasteiger partial charge in [0.2, 0.25) is 0 Å². The number of rotatable bonds is 6. The maximum Gasteiger partial charge on any atom is 0.127 e. The Morgan fingerprint density at radius 3 is 2.40 bits per heavy atom. The minimum atomic E-state index is 0.808. The number of pyridine rings is 1. The zero-order valence-electron chi connectivity index (χ0n) is 12.2. The number of aromatic nitrogens is 1.